The molecule has 0 fully saturated rings. The Labute approximate surface area is 152 Å². The van der Waals surface area contributed by atoms with Crippen LogP contribution in [0.4, 0.5) is 0 Å². The highest BCUT2D eigenvalue weighted by atomic mass is 16.6. The summed E-state index contributed by atoms with van der Waals surface area (Å²) in [6.07, 6.45) is -4.02. The Hall–Kier alpha value is -2.70. The number of aliphatic hydroxyl groups excluding tert-OH is 2. The maximum atomic E-state index is 11.8. The monoisotopic (exact) mass is 358 g/mol. The molecule has 0 heterocycles. The summed E-state index contributed by atoms with van der Waals surface area (Å²) in [5.74, 6) is -2.18. The molecule has 0 aliphatic rings. The Morgan fingerprint density at radius 2 is 1.04 bits per heavy atom. The molecule has 0 spiro atoms. The highest BCUT2D eigenvalue weighted by molar-refractivity contribution is 5.85. The molecule has 0 saturated heterocycles. The largest absolute Gasteiger partial charge is 0.459 e. The fourth-order valence-corrected chi connectivity index (χ4v) is 2.11. The van der Waals surface area contributed by atoms with Crippen LogP contribution in [0, 0.1) is 13.8 Å². The maximum absolute atomic E-state index is 11.8. The third kappa shape index (κ3) is 5.68. The molecule has 0 bridgehead atoms. The predicted molar refractivity (Wildman–Crippen MR) is 94.0 cm³/mol. The lowest BCUT2D eigenvalue weighted by atomic mass is 10.1. The van der Waals surface area contributed by atoms with Crippen LogP contribution in [0.15, 0.2) is 48.5 Å². The van der Waals surface area contributed by atoms with Crippen LogP contribution >= 0.6 is 0 Å². The van der Waals surface area contributed by atoms with E-state index in [0.717, 1.165) is 22.3 Å². The molecule has 6 nitrogen and oxygen atoms in total. The predicted octanol–water partition coefficient (Wildman–Crippen LogP) is 1.81. The van der Waals surface area contributed by atoms with Gasteiger partial charge in [0, 0.05) is 0 Å². The molecule has 0 unspecified atom stereocenters. The van der Waals surface area contributed by atoms with E-state index in [-0.39, 0.29) is 13.2 Å². The van der Waals surface area contributed by atoms with Crippen molar-refractivity contribution in [1.29, 1.82) is 0 Å². The van der Waals surface area contributed by atoms with Gasteiger partial charge in [-0.05, 0) is 25.0 Å². The quantitative estimate of drug-likeness (QED) is 0.734. The molecule has 0 aliphatic heterocycles. The lowest BCUT2D eigenvalue weighted by Gasteiger charge is -2.16. The Bertz CT molecular complexity index is 670. The minimum atomic E-state index is -2.01. The van der Waals surface area contributed by atoms with Crippen molar-refractivity contribution in [3.8, 4) is 0 Å². The summed E-state index contributed by atoms with van der Waals surface area (Å²) >= 11 is 0. The zero-order chi connectivity index (χ0) is 19.1. The van der Waals surface area contributed by atoms with Crippen molar-refractivity contribution >= 4 is 11.9 Å². The lowest BCUT2D eigenvalue weighted by molar-refractivity contribution is -0.174. The van der Waals surface area contributed by atoms with Crippen molar-refractivity contribution in [2.45, 2.75) is 39.3 Å². The normalized spacial score (nSPS) is 12.9. The number of rotatable bonds is 7. The van der Waals surface area contributed by atoms with Crippen LogP contribution in [0.1, 0.15) is 22.3 Å². The first-order valence-electron chi connectivity index (χ1n) is 8.17. The summed E-state index contributed by atoms with van der Waals surface area (Å²) in [6.45, 7) is 3.72. The van der Waals surface area contributed by atoms with Crippen LogP contribution in [0.5, 0.6) is 0 Å². The van der Waals surface area contributed by atoms with Crippen LogP contribution < -0.4 is 0 Å². The number of benzene rings is 2. The van der Waals surface area contributed by atoms with E-state index in [9.17, 15) is 19.8 Å². The Morgan fingerprint density at radius 1 is 0.731 bits per heavy atom. The van der Waals surface area contributed by atoms with Crippen LogP contribution in [0.2, 0.25) is 0 Å². The van der Waals surface area contributed by atoms with E-state index >= 15 is 0 Å². The van der Waals surface area contributed by atoms with Gasteiger partial charge in [-0.3, -0.25) is 0 Å². The summed E-state index contributed by atoms with van der Waals surface area (Å²) in [7, 11) is 0. The van der Waals surface area contributed by atoms with E-state index < -0.39 is 24.1 Å². The molecular formula is C20H22O6. The SMILES string of the molecule is Cc1ccc(COC(=O)[C@@H](O)[C@H](O)C(=O)OCc2ccc(C)cc2)cc1. The second-order valence-corrected chi connectivity index (χ2v) is 6.08. The van der Waals surface area contributed by atoms with Gasteiger partial charge in [0.05, 0.1) is 0 Å². The lowest BCUT2D eigenvalue weighted by Crippen LogP contribution is -2.41. The fourth-order valence-electron chi connectivity index (χ4n) is 2.11. The topological polar surface area (TPSA) is 93.1 Å². The van der Waals surface area contributed by atoms with Crippen LogP contribution in [-0.2, 0) is 32.3 Å². The van der Waals surface area contributed by atoms with Crippen LogP contribution in [0.25, 0.3) is 0 Å². The van der Waals surface area contributed by atoms with E-state index in [0.29, 0.717) is 0 Å². The molecule has 0 aliphatic carbocycles. The first kappa shape index (κ1) is 19.6. The van der Waals surface area contributed by atoms with Gasteiger partial charge in [-0.2, -0.15) is 0 Å². The summed E-state index contributed by atoms with van der Waals surface area (Å²) in [5.41, 5.74) is 3.58. The molecule has 2 aromatic carbocycles. The molecule has 2 rings (SSSR count). The van der Waals surface area contributed by atoms with Gasteiger partial charge in [0.25, 0.3) is 0 Å². The number of carbonyl (C=O) groups excluding carboxylic acids is 2. The molecule has 6 heteroatoms. The molecule has 0 aromatic heterocycles. The molecule has 2 aromatic rings. The second-order valence-electron chi connectivity index (χ2n) is 6.08. The minimum absolute atomic E-state index is 0.0681. The zero-order valence-electron chi connectivity index (χ0n) is 14.7. The van der Waals surface area contributed by atoms with Gasteiger partial charge in [-0.25, -0.2) is 9.59 Å². The highest BCUT2D eigenvalue weighted by Gasteiger charge is 2.33. The van der Waals surface area contributed by atoms with E-state index in [4.69, 9.17) is 9.47 Å². The molecule has 26 heavy (non-hydrogen) atoms. The van der Waals surface area contributed by atoms with Gasteiger partial charge in [-0.1, -0.05) is 59.7 Å². The van der Waals surface area contributed by atoms with Crippen molar-refractivity contribution in [1.82, 2.24) is 0 Å². The van der Waals surface area contributed by atoms with E-state index in [1.165, 1.54) is 0 Å². The summed E-state index contributed by atoms with van der Waals surface area (Å²) in [6, 6.07) is 14.5. The average Bonchev–Trinajstić information content (AvgIpc) is 2.65. The van der Waals surface area contributed by atoms with Crippen molar-refractivity contribution in [2.75, 3.05) is 0 Å². The third-order valence-corrected chi connectivity index (χ3v) is 3.79. The number of hydrogen-bond donors (Lipinski definition) is 2. The number of esters is 2. The van der Waals surface area contributed by atoms with Crippen molar-refractivity contribution in [3.05, 3.63) is 70.8 Å². The number of ether oxygens (including phenoxy) is 2. The Balaban J connectivity index is 1.81. The van der Waals surface area contributed by atoms with E-state index in [1.54, 1.807) is 24.3 Å². The fraction of sp³-hybridized carbons (Fsp3) is 0.300. The average molecular weight is 358 g/mol. The molecule has 138 valence electrons. The van der Waals surface area contributed by atoms with Crippen LogP contribution in [0.3, 0.4) is 0 Å². The number of aliphatic hydroxyl groups is 2. The molecule has 0 amide bonds. The number of aryl methyl sites for hydroxylation is 2. The van der Waals surface area contributed by atoms with Gasteiger partial charge in [0.2, 0.25) is 0 Å². The molecular weight excluding hydrogens is 336 g/mol. The maximum Gasteiger partial charge on any atom is 0.338 e. The molecule has 0 radical (unpaired) electrons. The van der Waals surface area contributed by atoms with E-state index in [2.05, 4.69) is 0 Å². The Morgan fingerprint density at radius 3 is 1.35 bits per heavy atom. The van der Waals surface area contributed by atoms with Crippen LogP contribution in [-0.4, -0.2) is 34.4 Å². The summed E-state index contributed by atoms with van der Waals surface area (Å²) in [4.78, 5) is 23.6. The summed E-state index contributed by atoms with van der Waals surface area (Å²) < 4.78 is 9.84. The summed E-state index contributed by atoms with van der Waals surface area (Å²) in [5, 5.41) is 19.6. The number of hydrogen-bond acceptors (Lipinski definition) is 6. The zero-order valence-corrected chi connectivity index (χ0v) is 14.7. The van der Waals surface area contributed by atoms with Crippen molar-refractivity contribution < 1.29 is 29.3 Å². The standard InChI is InChI=1S/C20H22O6/c1-13-3-7-15(8-4-13)11-25-19(23)17(21)18(22)20(24)26-12-16-9-5-14(2)6-10-16/h3-10,17-18,21-22H,11-12H2,1-2H3/t17-,18-/m0/s1. The van der Waals surface area contributed by atoms with Gasteiger partial charge in [0.1, 0.15) is 13.2 Å². The molecule has 0 saturated carbocycles. The van der Waals surface area contributed by atoms with Gasteiger partial charge in [-0.15, -0.1) is 0 Å². The molecule has 2 N–H and O–H groups in total. The first-order valence-corrected chi connectivity index (χ1v) is 8.17. The number of carbonyl (C=O) groups is 2. The van der Waals surface area contributed by atoms with E-state index in [1.807, 2.05) is 38.1 Å². The minimum Gasteiger partial charge on any atom is -0.459 e. The Kier molecular flexibility index (Phi) is 6.89. The van der Waals surface area contributed by atoms with Gasteiger partial charge < -0.3 is 19.7 Å². The van der Waals surface area contributed by atoms with Gasteiger partial charge >= 0.3 is 11.9 Å². The van der Waals surface area contributed by atoms with Gasteiger partial charge in [0.15, 0.2) is 12.2 Å². The molecule has 2 atom stereocenters. The smallest absolute Gasteiger partial charge is 0.338 e. The first-order chi connectivity index (χ1) is 12.4. The van der Waals surface area contributed by atoms with Crippen molar-refractivity contribution in [3.63, 3.8) is 0 Å². The van der Waals surface area contributed by atoms with Crippen molar-refractivity contribution in [2.24, 2.45) is 0 Å². The highest BCUT2D eigenvalue weighted by Crippen LogP contribution is 2.09. The third-order valence-electron chi connectivity index (χ3n) is 3.79. The second kappa shape index (κ2) is 9.12.